The average Bonchev–Trinajstić information content (AvgIpc) is 2.75. The van der Waals surface area contributed by atoms with Crippen LogP contribution in [-0.4, -0.2) is 25.0 Å². The highest BCUT2D eigenvalue weighted by molar-refractivity contribution is 9.10. The molecule has 0 bridgehead atoms. The monoisotopic (exact) mass is 452 g/mol. The van der Waals surface area contributed by atoms with Gasteiger partial charge in [0, 0.05) is 27.0 Å². The number of carbonyl (C=O) groups is 2. The number of halogens is 1. The molecule has 29 heavy (non-hydrogen) atoms. The van der Waals surface area contributed by atoms with E-state index in [0.717, 1.165) is 4.47 Å². The van der Waals surface area contributed by atoms with Crippen LogP contribution in [0.1, 0.15) is 20.7 Å². The van der Waals surface area contributed by atoms with Crippen molar-refractivity contribution in [3.63, 3.8) is 0 Å². The lowest BCUT2D eigenvalue weighted by molar-refractivity contribution is 0.101. The number of carbonyl (C=O) groups excluding carboxylic acids is 2. The van der Waals surface area contributed by atoms with E-state index in [1.54, 1.807) is 54.6 Å². The van der Waals surface area contributed by atoms with Gasteiger partial charge in [-0.05, 0) is 66.7 Å². The average molecular weight is 453 g/mol. The predicted octanol–water partition coefficient (Wildman–Crippen LogP) is 4.72. The smallest absolute Gasteiger partial charge is 0.255 e. The maximum Gasteiger partial charge on any atom is 0.255 e. The standard InChI is InChI=1S/C22H17BrN2O4/c23-16-4-1-14(2-5-16)21(26)24-17-6-8-18(9-7-17)25-22(27)15-3-10-19-20(13-15)29-12-11-28-19/h1-10,13H,11-12H2,(H,24,26)(H,25,27). The third kappa shape index (κ3) is 4.57. The molecule has 2 N–H and O–H groups in total. The van der Waals surface area contributed by atoms with Gasteiger partial charge >= 0.3 is 0 Å². The van der Waals surface area contributed by atoms with Crippen LogP contribution in [0.5, 0.6) is 11.5 Å². The molecule has 0 spiro atoms. The van der Waals surface area contributed by atoms with E-state index in [-0.39, 0.29) is 11.8 Å². The molecule has 1 heterocycles. The molecular weight excluding hydrogens is 436 g/mol. The molecule has 0 unspecified atom stereocenters. The summed E-state index contributed by atoms with van der Waals surface area (Å²) < 4.78 is 11.9. The first-order chi connectivity index (χ1) is 14.1. The lowest BCUT2D eigenvalue weighted by atomic mass is 10.1. The van der Waals surface area contributed by atoms with Crippen molar-refractivity contribution in [2.24, 2.45) is 0 Å². The third-order valence-electron chi connectivity index (χ3n) is 4.31. The molecule has 1 aliphatic heterocycles. The zero-order valence-corrected chi connectivity index (χ0v) is 16.9. The van der Waals surface area contributed by atoms with Gasteiger partial charge in [0.05, 0.1) is 0 Å². The molecule has 0 aromatic heterocycles. The van der Waals surface area contributed by atoms with E-state index in [1.807, 2.05) is 12.1 Å². The molecule has 146 valence electrons. The minimum atomic E-state index is -0.256. The second-order valence-corrected chi connectivity index (χ2v) is 7.27. The molecule has 0 atom stereocenters. The Kier molecular flexibility index (Phi) is 5.48. The maximum absolute atomic E-state index is 12.5. The fourth-order valence-corrected chi connectivity index (χ4v) is 3.09. The number of rotatable bonds is 4. The van der Waals surface area contributed by atoms with Gasteiger partial charge in [0.1, 0.15) is 13.2 Å². The van der Waals surface area contributed by atoms with Gasteiger partial charge in [-0.25, -0.2) is 0 Å². The molecule has 0 aliphatic carbocycles. The second-order valence-electron chi connectivity index (χ2n) is 6.35. The van der Waals surface area contributed by atoms with E-state index in [9.17, 15) is 9.59 Å². The maximum atomic E-state index is 12.5. The Labute approximate surface area is 176 Å². The number of benzene rings is 3. The highest BCUT2D eigenvalue weighted by atomic mass is 79.9. The van der Waals surface area contributed by atoms with E-state index in [1.165, 1.54) is 0 Å². The molecule has 4 rings (SSSR count). The highest BCUT2D eigenvalue weighted by Crippen LogP contribution is 2.31. The number of nitrogens with one attached hydrogen (secondary N) is 2. The molecule has 1 aliphatic rings. The third-order valence-corrected chi connectivity index (χ3v) is 4.84. The van der Waals surface area contributed by atoms with E-state index >= 15 is 0 Å². The molecule has 3 aromatic rings. The van der Waals surface area contributed by atoms with Gasteiger partial charge in [-0.1, -0.05) is 15.9 Å². The van der Waals surface area contributed by atoms with E-state index in [0.29, 0.717) is 47.2 Å². The van der Waals surface area contributed by atoms with Crippen LogP contribution in [0.3, 0.4) is 0 Å². The van der Waals surface area contributed by atoms with Crippen LogP contribution >= 0.6 is 15.9 Å². The SMILES string of the molecule is O=C(Nc1ccc(NC(=O)c2ccc3c(c2)OCCO3)cc1)c1ccc(Br)cc1. The largest absolute Gasteiger partial charge is 0.486 e. The van der Waals surface area contributed by atoms with Crippen molar-refractivity contribution in [3.8, 4) is 11.5 Å². The molecule has 2 amide bonds. The van der Waals surface area contributed by atoms with Gasteiger partial charge in [0.25, 0.3) is 11.8 Å². The highest BCUT2D eigenvalue weighted by Gasteiger charge is 2.15. The molecular formula is C22H17BrN2O4. The Morgan fingerprint density at radius 2 is 1.21 bits per heavy atom. The predicted molar refractivity (Wildman–Crippen MR) is 114 cm³/mol. The summed E-state index contributed by atoms with van der Waals surface area (Å²) in [5.41, 5.74) is 2.29. The van der Waals surface area contributed by atoms with Crippen LogP contribution in [0.4, 0.5) is 11.4 Å². The Morgan fingerprint density at radius 1 is 0.690 bits per heavy atom. The quantitative estimate of drug-likeness (QED) is 0.599. The first-order valence-corrected chi connectivity index (χ1v) is 9.76. The van der Waals surface area contributed by atoms with Gasteiger partial charge in [-0.3, -0.25) is 9.59 Å². The molecule has 3 aromatic carbocycles. The molecule has 0 radical (unpaired) electrons. The Morgan fingerprint density at radius 3 is 1.83 bits per heavy atom. The summed E-state index contributed by atoms with van der Waals surface area (Å²) in [6.07, 6.45) is 0. The summed E-state index contributed by atoms with van der Waals surface area (Å²) in [6.45, 7) is 0.967. The van der Waals surface area contributed by atoms with Crippen molar-refractivity contribution in [3.05, 3.63) is 82.3 Å². The van der Waals surface area contributed by atoms with Crippen molar-refractivity contribution in [2.45, 2.75) is 0 Å². The minimum absolute atomic E-state index is 0.203. The van der Waals surface area contributed by atoms with Crippen LogP contribution < -0.4 is 20.1 Å². The summed E-state index contributed by atoms with van der Waals surface area (Å²) >= 11 is 3.34. The lowest BCUT2D eigenvalue weighted by Gasteiger charge is -2.18. The van der Waals surface area contributed by atoms with Crippen molar-refractivity contribution in [1.29, 1.82) is 0 Å². The number of anilines is 2. The first-order valence-electron chi connectivity index (χ1n) is 8.96. The lowest BCUT2D eigenvalue weighted by Crippen LogP contribution is -2.17. The Hall–Kier alpha value is -3.32. The van der Waals surface area contributed by atoms with Crippen LogP contribution in [0, 0.1) is 0 Å². The van der Waals surface area contributed by atoms with Gasteiger partial charge in [-0.15, -0.1) is 0 Å². The molecule has 0 saturated carbocycles. The Balaban J connectivity index is 1.39. The van der Waals surface area contributed by atoms with Gasteiger partial charge in [-0.2, -0.15) is 0 Å². The summed E-state index contributed by atoms with van der Waals surface area (Å²) in [5.74, 6) is 0.743. The molecule has 0 saturated heterocycles. The van der Waals surface area contributed by atoms with Crippen molar-refractivity contribution in [2.75, 3.05) is 23.8 Å². The van der Waals surface area contributed by atoms with Crippen LogP contribution in [0.15, 0.2) is 71.2 Å². The van der Waals surface area contributed by atoms with Crippen LogP contribution in [-0.2, 0) is 0 Å². The summed E-state index contributed by atoms with van der Waals surface area (Å²) in [4.78, 5) is 24.8. The number of ether oxygens (including phenoxy) is 2. The number of amides is 2. The second kappa shape index (κ2) is 8.36. The number of hydrogen-bond acceptors (Lipinski definition) is 4. The Bertz CT molecular complexity index is 1050. The number of fused-ring (bicyclic) bond motifs is 1. The zero-order valence-electron chi connectivity index (χ0n) is 15.3. The first kappa shape index (κ1) is 19.0. The molecule has 6 nitrogen and oxygen atoms in total. The fraction of sp³-hybridized carbons (Fsp3) is 0.0909. The summed E-state index contributed by atoms with van der Waals surface area (Å²) in [5, 5.41) is 5.66. The van der Waals surface area contributed by atoms with Crippen molar-refractivity contribution in [1.82, 2.24) is 0 Å². The van der Waals surface area contributed by atoms with Crippen LogP contribution in [0.25, 0.3) is 0 Å². The summed E-state index contributed by atoms with van der Waals surface area (Å²) in [6, 6.07) is 19.1. The molecule has 7 heteroatoms. The van der Waals surface area contributed by atoms with E-state index in [2.05, 4.69) is 26.6 Å². The van der Waals surface area contributed by atoms with Crippen LogP contribution in [0.2, 0.25) is 0 Å². The fourth-order valence-electron chi connectivity index (χ4n) is 2.83. The van der Waals surface area contributed by atoms with Gasteiger partial charge in [0.15, 0.2) is 11.5 Å². The minimum Gasteiger partial charge on any atom is -0.486 e. The van der Waals surface area contributed by atoms with Gasteiger partial charge in [0.2, 0.25) is 0 Å². The molecule has 0 fully saturated rings. The topological polar surface area (TPSA) is 76.7 Å². The van der Waals surface area contributed by atoms with E-state index < -0.39 is 0 Å². The van der Waals surface area contributed by atoms with Crippen molar-refractivity contribution < 1.29 is 19.1 Å². The van der Waals surface area contributed by atoms with Gasteiger partial charge < -0.3 is 20.1 Å². The van der Waals surface area contributed by atoms with E-state index in [4.69, 9.17) is 9.47 Å². The zero-order chi connectivity index (χ0) is 20.2. The normalized spacial score (nSPS) is 12.2. The van der Waals surface area contributed by atoms with Crippen molar-refractivity contribution >= 4 is 39.1 Å². The number of hydrogen-bond donors (Lipinski definition) is 2. The summed E-state index contributed by atoms with van der Waals surface area (Å²) in [7, 11) is 0.